The highest BCUT2D eigenvalue weighted by molar-refractivity contribution is 6.31. The standard InChI is InChI=1S/C11H13ClN4O2/c1-3-16-8(10(12)7(2)14-16)6-15-9(17)4-5-13-11(15)18/h4-5H,3,6H2,1-2H3,(H,13,18). The molecule has 0 saturated carbocycles. The predicted octanol–water partition coefficient (Wildman–Crippen LogP) is 0.763. The van der Waals surface area contributed by atoms with Crippen molar-refractivity contribution in [1.82, 2.24) is 19.3 Å². The predicted molar refractivity (Wildman–Crippen MR) is 68.1 cm³/mol. The van der Waals surface area contributed by atoms with Crippen molar-refractivity contribution in [3.63, 3.8) is 0 Å². The van der Waals surface area contributed by atoms with Crippen LogP contribution in [0.2, 0.25) is 5.02 Å². The van der Waals surface area contributed by atoms with E-state index in [1.165, 1.54) is 12.3 Å². The second kappa shape index (κ2) is 4.81. The Balaban J connectivity index is 2.53. The van der Waals surface area contributed by atoms with Crippen LogP contribution >= 0.6 is 11.6 Å². The van der Waals surface area contributed by atoms with Crippen LogP contribution in [0, 0.1) is 6.92 Å². The van der Waals surface area contributed by atoms with Gasteiger partial charge in [0.25, 0.3) is 5.56 Å². The number of hydrogen-bond donors (Lipinski definition) is 1. The number of nitrogens with one attached hydrogen (secondary N) is 1. The quantitative estimate of drug-likeness (QED) is 0.893. The van der Waals surface area contributed by atoms with Crippen LogP contribution in [0.15, 0.2) is 21.9 Å². The lowest BCUT2D eigenvalue weighted by molar-refractivity contribution is 0.580. The van der Waals surface area contributed by atoms with Crippen molar-refractivity contribution < 1.29 is 0 Å². The van der Waals surface area contributed by atoms with Crippen LogP contribution in [0.5, 0.6) is 0 Å². The van der Waals surface area contributed by atoms with Gasteiger partial charge in [0.2, 0.25) is 0 Å². The molecule has 0 atom stereocenters. The van der Waals surface area contributed by atoms with Gasteiger partial charge in [-0.1, -0.05) is 11.6 Å². The number of H-pyrrole nitrogens is 1. The van der Waals surface area contributed by atoms with E-state index < -0.39 is 5.69 Å². The van der Waals surface area contributed by atoms with Crippen LogP contribution in [0.25, 0.3) is 0 Å². The Morgan fingerprint density at radius 2 is 2.17 bits per heavy atom. The third-order valence-electron chi connectivity index (χ3n) is 2.70. The summed E-state index contributed by atoms with van der Waals surface area (Å²) in [6.07, 6.45) is 1.32. The molecule has 0 fully saturated rings. The van der Waals surface area contributed by atoms with E-state index in [2.05, 4.69) is 10.1 Å². The van der Waals surface area contributed by atoms with Gasteiger partial charge >= 0.3 is 5.69 Å². The average Bonchev–Trinajstić information content (AvgIpc) is 2.61. The number of aromatic nitrogens is 4. The minimum atomic E-state index is -0.458. The van der Waals surface area contributed by atoms with Crippen molar-refractivity contribution in [2.75, 3.05) is 0 Å². The van der Waals surface area contributed by atoms with Crippen molar-refractivity contribution in [2.45, 2.75) is 26.9 Å². The molecule has 2 heterocycles. The van der Waals surface area contributed by atoms with Gasteiger partial charge in [0.15, 0.2) is 0 Å². The molecular formula is C11H13ClN4O2. The summed E-state index contributed by atoms with van der Waals surface area (Å²) in [5, 5.41) is 4.73. The number of halogens is 1. The maximum absolute atomic E-state index is 11.6. The Hall–Kier alpha value is -1.82. The molecule has 1 N–H and O–H groups in total. The molecule has 96 valence electrons. The molecule has 0 aliphatic carbocycles. The fraction of sp³-hybridized carbons (Fsp3) is 0.364. The summed E-state index contributed by atoms with van der Waals surface area (Å²) < 4.78 is 2.78. The van der Waals surface area contributed by atoms with Crippen molar-refractivity contribution in [3.05, 3.63) is 49.5 Å². The van der Waals surface area contributed by atoms with Gasteiger partial charge in [0.1, 0.15) is 0 Å². The summed E-state index contributed by atoms with van der Waals surface area (Å²) in [6, 6.07) is 1.30. The fourth-order valence-electron chi connectivity index (χ4n) is 1.77. The second-order valence-corrected chi connectivity index (χ2v) is 4.25. The number of hydrogen-bond acceptors (Lipinski definition) is 3. The van der Waals surface area contributed by atoms with E-state index in [1.807, 2.05) is 6.92 Å². The first kappa shape index (κ1) is 12.6. The lowest BCUT2D eigenvalue weighted by Crippen LogP contribution is -2.34. The molecule has 6 nitrogen and oxygen atoms in total. The molecule has 2 aromatic rings. The Bertz CT molecular complexity index is 655. The van der Waals surface area contributed by atoms with Crippen LogP contribution in [0.3, 0.4) is 0 Å². The minimum Gasteiger partial charge on any atom is -0.314 e. The molecule has 0 spiro atoms. The van der Waals surface area contributed by atoms with E-state index in [0.717, 1.165) is 4.57 Å². The zero-order valence-electron chi connectivity index (χ0n) is 10.1. The number of nitrogens with zero attached hydrogens (tertiary/aromatic N) is 3. The van der Waals surface area contributed by atoms with E-state index in [-0.39, 0.29) is 12.1 Å². The maximum atomic E-state index is 11.6. The minimum absolute atomic E-state index is 0.114. The van der Waals surface area contributed by atoms with Gasteiger partial charge in [-0.15, -0.1) is 0 Å². The van der Waals surface area contributed by atoms with Gasteiger partial charge in [-0.2, -0.15) is 5.10 Å². The van der Waals surface area contributed by atoms with Gasteiger partial charge in [0.05, 0.1) is 23.0 Å². The molecule has 0 aliphatic rings. The number of rotatable bonds is 3. The molecule has 7 heteroatoms. The zero-order valence-corrected chi connectivity index (χ0v) is 10.9. The first-order chi connectivity index (χ1) is 8.54. The molecule has 0 radical (unpaired) electrons. The summed E-state index contributed by atoms with van der Waals surface area (Å²) in [5.74, 6) is 0. The van der Waals surface area contributed by atoms with E-state index >= 15 is 0 Å². The van der Waals surface area contributed by atoms with Crippen molar-refractivity contribution >= 4 is 11.6 Å². The number of aromatic amines is 1. The lowest BCUT2D eigenvalue weighted by Gasteiger charge is -2.06. The molecule has 0 bridgehead atoms. The van der Waals surface area contributed by atoms with E-state index in [9.17, 15) is 9.59 Å². The Labute approximate surface area is 108 Å². The van der Waals surface area contributed by atoms with Gasteiger partial charge in [-0.25, -0.2) is 4.79 Å². The summed E-state index contributed by atoms with van der Waals surface area (Å²) >= 11 is 6.14. The van der Waals surface area contributed by atoms with Crippen LogP contribution < -0.4 is 11.2 Å². The number of aryl methyl sites for hydroxylation is 2. The van der Waals surface area contributed by atoms with Crippen molar-refractivity contribution in [1.29, 1.82) is 0 Å². The highest BCUT2D eigenvalue weighted by atomic mass is 35.5. The zero-order chi connectivity index (χ0) is 13.3. The summed E-state index contributed by atoms with van der Waals surface area (Å²) in [5.41, 5.74) is 0.529. The monoisotopic (exact) mass is 268 g/mol. The van der Waals surface area contributed by atoms with Crippen LogP contribution in [0.1, 0.15) is 18.3 Å². The molecule has 2 rings (SSSR count). The van der Waals surface area contributed by atoms with E-state index in [0.29, 0.717) is 23.0 Å². The first-order valence-corrected chi connectivity index (χ1v) is 5.92. The molecule has 0 aliphatic heterocycles. The molecular weight excluding hydrogens is 256 g/mol. The Morgan fingerprint density at radius 1 is 1.44 bits per heavy atom. The second-order valence-electron chi connectivity index (χ2n) is 3.87. The molecule has 0 saturated heterocycles. The van der Waals surface area contributed by atoms with Crippen LogP contribution in [-0.4, -0.2) is 19.3 Å². The average molecular weight is 269 g/mol. The summed E-state index contributed by atoms with van der Waals surface area (Å²) in [6.45, 7) is 4.45. The van der Waals surface area contributed by atoms with Gasteiger partial charge < -0.3 is 4.98 Å². The van der Waals surface area contributed by atoms with Gasteiger partial charge in [-0.3, -0.25) is 14.0 Å². The smallest absolute Gasteiger partial charge is 0.314 e. The van der Waals surface area contributed by atoms with Crippen LogP contribution in [0.4, 0.5) is 0 Å². The van der Waals surface area contributed by atoms with Gasteiger partial charge in [0, 0.05) is 18.8 Å². The molecule has 0 unspecified atom stereocenters. The highest BCUT2D eigenvalue weighted by Gasteiger charge is 2.14. The van der Waals surface area contributed by atoms with E-state index in [4.69, 9.17) is 11.6 Å². The van der Waals surface area contributed by atoms with Gasteiger partial charge in [-0.05, 0) is 13.8 Å². The Kier molecular flexibility index (Phi) is 3.38. The van der Waals surface area contributed by atoms with E-state index in [1.54, 1.807) is 11.6 Å². The third kappa shape index (κ3) is 2.11. The molecule has 0 aromatic carbocycles. The SMILES string of the molecule is CCn1nc(C)c(Cl)c1Cn1c(=O)cc[nH]c1=O. The molecule has 0 amide bonds. The highest BCUT2D eigenvalue weighted by Crippen LogP contribution is 2.20. The fourth-order valence-corrected chi connectivity index (χ4v) is 1.97. The third-order valence-corrected chi connectivity index (χ3v) is 3.20. The Morgan fingerprint density at radius 3 is 2.78 bits per heavy atom. The topological polar surface area (TPSA) is 72.7 Å². The maximum Gasteiger partial charge on any atom is 0.328 e. The molecule has 2 aromatic heterocycles. The first-order valence-electron chi connectivity index (χ1n) is 5.55. The lowest BCUT2D eigenvalue weighted by atomic mass is 10.3. The van der Waals surface area contributed by atoms with Crippen molar-refractivity contribution in [2.24, 2.45) is 0 Å². The largest absolute Gasteiger partial charge is 0.328 e. The summed E-state index contributed by atoms with van der Waals surface area (Å²) in [4.78, 5) is 25.7. The van der Waals surface area contributed by atoms with Crippen LogP contribution in [-0.2, 0) is 13.1 Å². The summed E-state index contributed by atoms with van der Waals surface area (Å²) in [7, 11) is 0. The molecule has 18 heavy (non-hydrogen) atoms. The normalized spacial score (nSPS) is 10.8. The van der Waals surface area contributed by atoms with Crippen molar-refractivity contribution in [3.8, 4) is 0 Å².